The first-order valence-electron chi connectivity index (χ1n) is 7.79. The summed E-state index contributed by atoms with van der Waals surface area (Å²) in [6.07, 6.45) is 5.20. The third-order valence-corrected chi connectivity index (χ3v) is 3.52. The van der Waals surface area contributed by atoms with Crippen molar-refractivity contribution in [2.45, 2.75) is 32.7 Å². The van der Waals surface area contributed by atoms with E-state index < -0.39 is 0 Å². The highest BCUT2D eigenvalue weighted by atomic mass is 16.5. The number of hydrogen-bond donors (Lipinski definition) is 2. The van der Waals surface area contributed by atoms with E-state index in [-0.39, 0.29) is 5.96 Å². The fraction of sp³-hybridized carbons (Fsp3) is 0.500. The second kappa shape index (κ2) is 8.38. The molecule has 0 amide bonds. The van der Waals surface area contributed by atoms with E-state index in [4.69, 9.17) is 16.2 Å². The zero-order valence-corrected chi connectivity index (χ0v) is 13.2. The molecule has 1 aromatic rings. The summed E-state index contributed by atoms with van der Waals surface area (Å²) in [7, 11) is 0. The van der Waals surface area contributed by atoms with E-state index in [9.17, 15) is 0 Å². The van der Waals surface area contributed by atoms with Crippen molar-refractivity contribution in [1.82, 2.24) is 4.90 Å². The summed E-state index contributed by atoms with van der Waals surface area (Å²) in [5.74, 6) is 0.907. The molecule has 120 valence electrons. The maximum atomic E-state index is 5.86. The van der Waals surface area contributed by atoms with Crippen LogP contribution in [0.25, 0.3) is 0 Å². The van der Waals surface area contributed by atoms with Crippen LogP contribution in [-0.2, 0) is 6.54 Å². The van der Waals surface area contributed by atoms with Crippen LogP contribution in [0.2, 0.25) is 0 Å². The highest BCUT2D eigenvalue weighted by Gasteiger charge is 2.14. The lowest BCUT2D eigenvalue weighted by Gasteiger charge is -2.18. The minimum atomic E-state index is -0.0450. The van der Waals surface area contributed by atoms with Crippen molar-refractivity contribution in [2.75, 3.05) is 19.7 Å². The van der Waals surface area contributed by atoms with E-state index in [1.165, 1.54) is 18.4 Å². The molecule has 0 radical (unpaired) electrons. The predicted molar refractivity (Wildman–Crippen MR) is 90.1 cm³/mol. The smallest absolute Gasteiger partial charge is 0.211 e. The second-order valence-corrected chi connectivity index (χ2v) is 5.47. The van der Waals surface area contributed by atoms with Crippen LogP contribution < -0.4 is 16.2 Å². The van der Waals surface area contributed by atoms with E-state index in [1.807, 2.05) is 12.1 Å². The van der Waals surface area contributed by atoms with Gasteiger partial charge in [-0.15, -0.1) is 5.10 Å². The molecule has 1 heterocycles. The number of benzene rings is 1. The van der Waals surface area contributed by atoms with Gasteiger partial charge in [-0.2, -0.15) is 5.10 Å². The summed E-state index contributed by atoms with van der Waals surface area (Å²) < 4.78 is 5.86. The van der Waals surface area contributed by atoms with Crippen LogP contribution in [0.4, 0.5) is 0 Å². The van der Waals surface area contributed by atoms with E-state index >= 15 is 0 Å². The highest BCUT2D eigenvalue weighted by Crippen LogP contribution is 2.23. The van der Waals surface area contributed by atoms with Gasteiger partial charge in [0.1, 0.15) is 5.75 Å². The molecular weight excluding hydrogens is 278 g/mol. The average Bonchev–Trinajstić information content (AvgIpc) is 2.99. The fourth-order valence-corrected chi connectivity index (χ4v) is 2.50. The van der Waals surface area contributed by atoms with Gasteiger partial charge < -0.3 is 16.2 Å². The molecule has 4 N–H and O–H groups in total. The summed E-state index contributed by atoms with van der Waals surface area (Å²) in [4.78, 5) is 2.45. The quantitative estimate of drug-likeness (QED) is 0.455. The van der Waals surface area contributed by atoms with Gasteiger partial charge in [-0.25, -0.2) is 0 Å². The zero-order valence-electron chi connectivity index (χ0n) is 13.2. The molecule has 0 aromatic heterocycles. The van der Waals surface area contributed by atoms with Crippen molar-refractivity contribution in [3.8, 4) is 5.75 Å². The molecule has 0 atom stereocenters. The minimum absolute atomic E-state index is 0.0450. The lowest BCUT2D eigenvalue weighted by atomic mass is 10.1. The Hall–Kier alpha value is -2.08. The highest BCUT2D eigenvalue weighted by molar-refractivity contribution is 5.82. The number of rotatable bonds is 7. The number of likely N-dealkylation sites (tertiary alicyclic amines) is 1. The van der Waals surface area contributed by atoms with Crippen LogP contribution in [0.1, 0.15) is 37.3 Å². The summed E-state index contributed by atoms with van der Waals surface area (Å²) in [6, 6.07) is 6.05. The van der Waals surface area contributed by atoms with Gasteiger partial charge in [0.15, 0.2) is 0 Å². The first-order chi connectivity index (χ1) is 10.7. The topological polar surface area (TPSA) is 89.2 Å². The van der Waals surface area contributed by atoms with Gasteiger partial charge in [0, 0.05) is 12.1 Å². The molecule has 1 aliphatic rings. The second-order valence-electron chi connectivity index (χ2n) is 5.47. The maximum absolute atomic E-state index is 5.86. The van der Waals surface area contributed by atoms with Crippen molar-refractivity contribution >= 4 is 12.2 Å². The summed E-state index contributed by atoms with van der Waals surface area (Å²) in [5.41, 5.74) is 12.7. The molecule has 1 aromatic carbocycles. The molecule has 6 nitrogen and oxygen atoms in total. The lowest BCUT2D eigenvalue weighted by Crippen LogP contribution is -2.21. The van der Waals surface area contributed by atoms with Crippen molar-refractivity contribution in [3.05, 3.63) is 29.3 Å². The van der Waals surface area contributed by atoms with Crippen LogP contribution in [-0.4, -0.2) is 36.8 Å². The molecule has 6 heteroatoms. The van der Waals surface area contributed by atoms with Gasteiger partial charge in [-0.05, 0) is 56.1 Å². The Morgan fingerprint density at radius 3 is 2.77 bits per heavy atom. The van der Waals surface area contributed by atoms with Crippen molar-refractivity contribution in [2.24, 2.45) is 21.7 Å². The third-order valence-electron chi connectivity index (χ3n) is 3.52. The largest absolute Gasteiger partial charge is 0.493 e. The van der Waals surface area contributed by atoms with Gasteiger partial charge >= 0.3 is 0 Å². The summed E-state index contributed by atoms with van der Waals surface area (Å²) >= 11 is 0. The molecular formula is C16H25N5O. The SMILES string of the molecule is CCCOc1ccc(C=NN=C(N)N)cc1CN1CCCC1. The normalized spacial score (nSPS) is 15.3. The Morgan fingerprint density at radius 1 is 1.32 bits per heavy atom. The minimum Gasteiger partial charge on any atom is -0.493 e. The Balaban J connectivity index is 2.15. The van der Waals surface area contributed by atoms with Crippen molar-refractivity contribution in [1.29, 1.82) is 0 Å². The standard InChI is InChI=1S/C16H25N5O/c1-2-9-22-15-6-5-13(11-19-20-16(17)18)10-14(15)12-21-7-3-4-8-21/h5-6,10-11H,2-4,7-9,12H2,1H3,(H4,17,18,20). The van der Waals surface area contributed by atoms with Gasteiger partial charge in [-0.1, -0.05) is 6.92 Å². The van der Waals surface area contributed by atoms with E-state index in [1.54, 1.807) is 6.21 Å². The van der Waals surface area contributed by atoms with Crippen LogP contribution in [0.3, 0.4) is 0 Å². The van der Waals surface area contributed by atoms with Crippen molar-refractivity contribution in [3.63, 3.8) is 0 Å². The first kappa shape index (κ1) is 16.3. The van der Waals surface area contributed by atoms with E-state index in [0.29, 0.717) is 0 Å². The van der Waals surface area contributed by atoms with Crippen molar-refractivity contribution < 1.29 is 4.74 Å². The fourth-order valence-electron chi connectivity index (χ4n) is 2.50. The maximum Gasteiger partial charge on any atom is 0.211 e. The number of nitrogens with zero attached hydrogens (tertiary/aromatic N) is 3. The molecule has 0 spiro atoms. The van der Waals surface area contributed by atoms with Gasteiger partial charge in [0.25, 0.3) is 0 Å². The molecule has 1 fully saturated rings. The summed E-state index contributed by atoms with van der Waals surface area (Å²) in [6.45, 7) is 6.05. The average molecular weight is 303 g/mol. The van der Waals surface area contributed by atoms with E-state index in [2.05, 4.69) is 28.1 Å². The Kier molecular flexibility index (Phi) is 6.21. The Bertz CT molecular complexity index is 531. The first-order valence-corrected chi connectivity index (χ1v) is 7.79. The molecule has 2 rings (SSSR count). The Morgan fingerprint density at radius 2 is 2.09 bits per heavy atom. The lowest BCUT2D eigenvalue weighted by molar-refractivity contribution is 0.293. The van der Waals surface area contributed by atoms with Crippen LogP contribution in [0, 0.1) is 0 Å². The van der Waals surface area contributed by atoms with Crippen LogP contribution >= 0.6 is 0 Å². The number of hydrogen-bond acceptors (Lipinski definition) is 4. The predicted octanol–water partition coefficient (Wildman–Crippen LogP) is 1.68. The van der Waals surface area contributed by atoms with Gasteiger partial charge in [0.05, 0.1) is 12.8 Å². The number of nitrogens with two attached hydrogens (primary N) is 2. The molecule has 22 heavy (non-hydrogen) atoms. The molecule has 1 aliphatic heterocycles. The number of guanidine groups is 1. The van der Waals surface area contributed by atoms with Crippen LogP contribution in [0.5, 0.6) is 5.75 Å². The molecule has 0 bridgehead atoms. The third kappa shape index (κ3) is 5.04. The molecule has 1 saturated heterocycles. The molecule has 0 saturated carbocycles. The van der Waals surface area contributed by atoms with Crippen LogP contribution in [0.15, 0.2) is 28.4 Å². The zero-order chi connectivity index (χ0) is 15.8. The Labute approximate surface area is 131 Å². The van der Waals surface area contributed by atoms with Gasteiger partial charge in [0.2, 0.25) is 5.96 Å². The van der Waals surface area contributed by atoms with E-state index in [0.717, 1.165) is 44.0 Å². The summed E-state index contributed by atoms with van der Waals surface area (Å²) in [5, 5.41) is 7.49. The molecule has 0 unspecified atom stereocenters. The monoisotopic (exact) mass is 303 g/mol. The molecule has 0 aliphatic carbocycles. The number of ether oxygens (including phenoxy) is 1. The van der Waals surface area contributed by atoms with Gasteiger partial charge in [-0.3, -0.25) is 4.90 Å².